The van der Waals surface area contributed by atoms with Crippen molar-refractivity contribution < 1.29 is 5.21 Å². The van der Waals surface area contributed by atoms with Crippen LogP contribution in [0, 0.1) is 0 Å². The Kier molecular flexibility index (Phi) is 3.34. The van der Waals surface area contributed by atoms with E-state index in [2.05, 4.69) is 35.9 Å². The Balaban J connectivity index is 2.52. The molecule has 0 amide bonds. The van der Waals surface area contributed by atoms with Crippen LogP contribution in [0.15, 0.2) is 5.16 Å². The first-order valence-corrected chi connectivity index (χ1v) is 4.86. The van der Waals surface area contributed by atoms with Gasteiger partial charge < -0.3 is 10.9 Å². The van der Waals surface area contributed by atoms with Crippen molar-refractivity contribution in [3.63, 3.8) is 0 Å². The molecular formula is C9H20N4O. The first kappa shape index (κ1) is 11.3. The number of hydrogen-bond donors (Lipinski definition) is 2. The lowest BCUT2D eigenvalue weighted by molar-refractivity contribution is 0.0480. The molecule has 0 aromatic carbocycles. The summed E-state index contributed by atoms with van der Waals surface area (Å²) in [6.45, 7) is 7.88. The zero-order valence-corrected chi connectivity index (χ0v) is 9.19. The predicted octanol–water partition coefficient (Wildman–Crippen LogP) is -0.241. The molecule has 0 aromatic rings. The summed E-state index contributed by atoms with van der Waals surface area (Å²) >= 11 is 0. The monoisotopic (exact) mass is 200 g/mol. The lowest BCUT2D eigenvalue weighted by Crippen LogP contribution is -2.58. The van der Waals surface area contributed by atoms with Gasteiger partial charge in [-0.25, -0.2) is 0 Å². The highest BCUT2D eigenvalue weighted by Gasteiger charge is 2.30. The van der Waals surface area contributed by atoms with E-state index in [-0.39, 0.29) is 11.4 Å². The van der Waals surface area contributed by atoms with E-state index in [0.717, 1.165) is 19.6 Å². The standard InChI is InChI=1S/C9H20N4O/c1-9(2)7-13(5-4-12(9)3)6-8(10)11-14/h14H,4-7H2,1-3H3,(H2,10,11). The minimum atomic E-state index is 0.161. The zero-order chi connectivity index (χ0) is 10.8. The first-order chi connectivity index (χ1) is 6.45. The van der Waals surface area contributed by atoms with Crippen LogP contribution in [0.1, 0.15) is 13.8 Å². The molecule has 1 fully saturated rings. The summed E-state index contributed by atoms with van der Waals surface area (Å²) in [6, 6.07) is 0. The molecule has 1 heterocycles. The van der Waals surface area contributed by atoms with Crippen molar-refractivity contribution in [3.05, 3.63) is 0 Å². The van der Waals surface area contributed by atoms with Crippen LogP contribution in [-0.4, -0.2) is 59.6 Å². The second-order valence-corrected chi connectivity index (χ2v) is 4.54. The molecule has 1 saturated heterocycles. The van der Waals surface area contributed by atoms with Crippen LogP contribution in [-0.2, 0) is 0 Å². The van der Waals surface area contributed by atoms with E-state index >= 15 is 0 Å². The molecule has 0 bridgehead atoms. The lowest BCUT2D eigenvalue weighted by Gasteiger charge is -2.45. The quantitative estimate of drug-likeness (QED) is 0.279. The Bertz CT molecular complexity index is 227. The Morgan fingerprint density at radius 1 is 1.50 bits per heavy atom. The van der Waals surface area contributed by atoms with E-state index < -0.39 is 0 Å². The Morgan fingerprint density at radius 2 is 2.14 bits per heavy atom. The van der Waals surface area contributed by atoms with E-state index in [1.54, 1.807) is 0 Å². The van der Waals surface area contributed by atoms with Gasteiger partial charge in [0, 0.05) is 25.2 Å². The lowest BCUT2D eigenvalue weighted by atomic mass is 10.00. The fourth-order valence-electron chi connectivity index (χ4n) is 1.74. The average molecular weight is 200 g/mol. The SMILES string of the molecule is CN1CCN(CC(N)=NO)CC1(C)C. The Morgan fingerprint density at radius 3 is 2.64 bits per heavy atom. The van der Waals surface area contributed by atoms with Crippen LogP contribution in [0.2, 0.25) is 0 Å². The molecule has 5 heteroatoms. The van der Waals surface area contributed by atoms with Gasteiger partial charge in [-0.1, -0.05) is 5.16 Å². The normalized spacial score (nSPS) is 25.2. The summed E-state index contributed by atoms with van der Waals surface area (Å²) in [5, 5.41) is 11.5. The van der Waals surface area contributed by atoms with Crippen LogP contribution < -0.4 is 5.73 Å². The van der Waals surface area contributed by atoms with Crippen molar-refractivity contribution in [1.29, 1.82) is 0 Å². The molecule has 3 N–H and O–H groups in total. The van der Waals surface area contributed by atoms with Crippen molar-refractivity contribution in [3.8, 4) is 0 Å². The molecule has 0 unspecified atom stereocenters. The van der Waals surface area contributed by atoms with E-state index in [1.165, 1.54) is 0 Å². The smallest absolute Gasteiger partial charge is 0.153 e. The molecule has 1 aliphatic rings. The second-order valence-electron chi connectivity index (χ2n) is 4.54. The second kappa shape index (κ2) is 4.14. The van der Waals surface area contributed by atoms with E-state index in [9.17, 15) is 0 Å². The molecule has 0 aliphatic carbocycles. The molecule has 0 saturated carbocycles. The van der Waals surface area contributed by atoms with Gasteiger partial charge in [-0.3, -0.25) is 9.80 Å². The summed E-state index contributed by atoms with van der Waals surface area (Å²) in [6.07, 6.45) is 0. The minimum absolute atomic E-state index is 0.161. The maximum atomic E-state index is 8.47. The number of oxime groups is 1. The molecular weight excluding hydrogens is 180 g/mol. The number of nitrogens with two attached hydrogens (primary N) is 1. The number of piperazine rings is 1. The van der Waals surface area contributed by atoms with Crippen LogP contribution >= 0.6 is 0 Å². The van der Waals surface area contributed by atoms with Crippen molar-refractivity contribution in [2.75, 3.05) is 33.2 Å². The van der Waals surface area contributed by atoms with Crippen molar-refractivity contribution in [2.24, 2.45) is 10.9 Å². The summed E-state index contributed by atoms with van der Waals surface area (Å²) in [5.41, 5.74) is 5.63. The molecule has 0 radical (unpaired) electrons. The van der Waals surface area contributed by atoms with Gasteiger partial charge in [0.15, 0.2) is 5.84 Å². The molecule has 5 nitrogen and oxygen atoms in total. The number of nitrogens with zero attached hydrogens (tertiary/aromatic N) is 3. The summed E-state index contributed by atoms with van der Waals surface area (Å²) in [7, 11) is 2.13. The largest absolute Gasteiger partial charge is 0.409 e. The Labute approximate surface area is 85.2 Å². The molecule has 82 valence electrons. The predicted molar refractivity (Wildman–Crippen MR) is 56.6 cm³/mol. The molecule has 14 heavy (non-hydrogen) atoms. The van der Waals surface area contributed by atoms with Gasteiger partial charge in [-0.2, -0.15) is 0 Å². The third kappa shape index (κ3) is 2.59. The van der Waals surface area contributed by atoms with Crippen LogP contribution in [0.5, 0.6) is 0 Å². The number of amidine groups is 1. The van der Waals surface area contributed by atoms with Gasteiger partial charge in [-0.05, 0) is 20.9 Å². The highest BCUT2D eigenvalue weighted by molar-refractivity contribution is 5.81. The van der Waals surface area contributed by atoms with Crippen LogP contribution in [0.4, 0.5) is 0 Å². The summed E-state index contributed by atoms with van der Waals surface area (Å²) in [5.74, 6) is 0.283. The van der Waals surface area contributed by atoms with E-state index in [4.69, 9.17) is 10.9 Å². The van der Waals surface area contributed by atoms with Gasteiger partial charge >= 0.3 is 0 Å². The number of hydrogen-bond acceptors (Lipinski definition) is 4. The first-order valence-electron chi connectivity index (χ1n) is 4.86. The highest BCUT2D eigenvalue weighted by Crippen LogP contribution is 2.18. The van der Waals surface area contributed by atoms with Crippen molar-refractivity contribution in [1.82, 2.24) is 9.80 Å². The van der Waals surface area contributed by atoms with Gasteiger partial charge in [0.2, 0.25) is 0 Å². The fourth-order valence-corrected chi connectivity index (χ4v) is 1.74. The maximum Gasteiger partial charge on any atom is 0.153 e. The van der Waals surface area contributed by atoms with Gasteiger partial charge in [0.1, 0.15) is 0 Å². The molecule has 0 aromatic heterocycles. The molecule has 0 spiro atoms. The van der Waals surface area contributed by atoms with Crippen molar-refractivity contribution >= 4 is 5.84 Å². The number of likely N-dealkylation sites (N-methyl/N-ethyl adjacent to an activating group) is 1. The maximum absolute atomic E-state index is 8.47. The van der Waals surface area contributed by atoms with Gasteiger partial charge in [0.25, 0.3) is 0 Å². The summed E-state index contributed by atoms with van der Waals surface area (Å²) < 4.78 is 0. The average Bonchev–Trinajstić information content (AvgIpc) is 2.11. The van der Waals surface area contributed by atoms with E-state index in [1.807, 2.05) is 0 Å². The molecule has 0 atom stereocenters. The van der Waals surface area contributed by atoms with Crippen LogP contribution in [0.3, 0.4) is 0 Å². The van der Waals surface area contributed by atoms with Gasteiger partial charge in [0.05, 0.1) is 6.54 Å². The fraction of sp³-hybridized carbons (Fsp3) is 0.889. The zero-order valence-electron chi connectivity index (χ0n) is 9.19. The van der Waals surface area contributed by atoms with E-state index in [0.29, 0.717) is 6.54 Å². The molecule has 1 aliphatic heterocycles. The third-order valence-electron chi connectivity index (χ3n) is 2.91. The summed E-state index contributed by atoms with van der Waals surface area (Å²) in [4.78, 5) is 4.53. The topological polar surface area (TPSA) is 65.1 Å². The minimum Gasteiger partial charge on any atom is -0.409 e. The number of rotatable bonds is 2. The van der Waals surface area contributed by atoms with Crippen LogP contribution in [0.25, 0.3) is 0 Å². The molecule has 1 rings (SSSR count). The Hall–Kier alpha value is -0.810. The third-order valence-corrected chi connectivity index (χ3v) is 2.91. The van der Waals surface area contributed by atoms with Crippen molar-refractivity contribution in [2.45, 2.75) is 19.4 Å². The highest BCUT2D eigenvalue weighted by atomic mass is 16.4. The van der Waals surface area contributed by atoms with Gasteiger partial charge in [-0.15, -0.1) is 0 Å².